The van der Waals surface area contributed by atoms with Gasteiger partial charge in [0.2, 0.25) is 0 Å². The third kappa shape index (κ3) is 3.15. The highest BCUT2D eigenvalue weighted by atomic mass is 32.2. The number of amides is 1. The Balaban J connectivity index is 2.22. The van der Waals surface area contributed by atoms with E-state index in [0.717, 1.165) is 35.6 Å². The minimum absolute atomic E-state index is 0.177. The molecule has 0 aliphatic carbocycles. The van der Waals surface area contributed by atoms with E-state index in [9.17, 15) is 17.6 Å². The number of carbonyl (C=O) groups is 1. The normalized spacial score (nSPS) is 11.3. The van der Waals surface area contributed by atoms with Gasteiger partial charge in [-0.25, -0.2) is 22.5 Å². The molecule has 0 spiro atoms. The number of nitrogens with zero attached hydrogens (tertiary/aromatic N) is 1. The molecule has 2 rings (SSSR count). The average Bonchev–Trinajstić information content (AvgIpc) is 2.76. The molecule has 1 amide bonds. The number of halogens is 1. The number of hydrogen-bond donors (Lipinski definition) is 1. The van der Waals surface area contributed by atoms with Crippen LogP contribution < -0.4 is 4.72 Å². The maximum Gasteiger partial charge on any atom is 0.276 e. The monoisotopic (exact) mass is 300 g/mol. The first-order chi connectivity index (χ1) is 8.88. The third-order valence-electron chi connectivity index (χ3n) is 2.20. The van der Waals surface area contributed by atoms with Gasteiger partial charge >= 0.3 is 0 Å². The number of benzene rings is 1. The van der Waals surface area contributed by atoms with Gasteiger partial charge in [0.05, 0.1) is 16.1 Å². The molecule has 100 valence electrons. The van der Waals surface area contributed by atoms with E-state index in [0.29, 0.717) is 5.01 Å². The van der Waals surface area contributed by atoms with Crippen molar-refractivity contribution in [1.29, 1.82) is 0 Å². The lowest BCUT2D eigenvalue weighted by Gasteiger charge is -2.05. The van der Waals surface area contributed by atoms with Crippen molar-refractivity contribution in [3.8, 4) is 0 Å². The van der Waals surface area contributed by atoms with Crippen molar-refractivity contribution < 1.29 is 17.6 Å². The smallest absolute Gasteiger partial charge is 0.267 e. The summed E-state index contributed by atoms with van der Waals surface area (Å²) in [6.45, 7) is 1.70. The molecule has 0 aliphatic heterocycles. The van der Waals surface area contributed by atoms with Crippen LogP contribution in [0.4, 0.5) is 4.39 Å². The predicted molar refractivity (Wildman–Crippen MR) is 67.9 cm³/mol. The molecule has 0 aliphatic rings. The van der Waals surface area contributed by atoms with E-state index in [-0.39, 0.29) is 9.77 Å². The fourth-order valence-corrected chi connectivity index (χ4v) is 3.02. The Kier molecular flexibility index (Phi) is 3.63. The Labute approximate surface area is 113 Å². The van der Waals surface area contributed by atoms with Gasteiger partial charge < -0.3 is 0 Å². The summed E-state index contributed by atoms with van der Waals surface area (Å²) in [4.78, 5) is 15.6. The third-order valence-corrected chi connectivity index (χ3v) is 4.45. The summed E-state index contributed by atoms with van der Waals surface area (Å²) in [6.07, 6.45) is 1.30. The highest BCUT2D eigenvalue weighted by molar-refractivity contribution is 7.90. The van der Waals surface area contributed by atoms with Gasteiger partial charge in [0.1, 0.15) is 10.7 Å². The first-order valence-corrected chi connectivity index (χ1v) is 7.43. The maximum absolute atomic E-state index is 12.7. The van der Waals surface area contributed by atoms with E-state index in [1.165, 1.54) is 6.20 Å². The molecule has 8 heteroatoms. The van der Waals surface area contributed by atoms with Gasteiger partial charge in [0.15, 0.2) is 0 Å². The second-order valence-corrected chi connectivity index (χ2v) is 6.55. The summed E-state index contributed by atoms with van der Waals surface area (Å²) < 4.78 is 38.3. The van der Waals surface area contributed by atoms with Crippen LogP contribution in [0.2, 0.25) is 0 Å². The van der Waals surface area contributed by atoms with Crippen molar-refractivity contribution in [2.45, 2.75) is 11.8 Å². The first-order valence-electron chi connectivity index (χ1n) is 5.13. The van der Waals surface area contributed by atoms with Crippen LogP contribution >= 0.6 is 11.3 Å². The molecule has 0 bridgehead atoms. The van der Waals surface area contributed by atoms with Gasteiger partial charge in [-0.3, -0.25) is 4.79 Å². The zero-order valence-electron chi connectivity index (χ0n) is 9.75. The molecule has 5 nitrogen and oxygen atoms in total. The van der Waals surface area contributed by atoms with Crippen LogP contribution in [0.25, 0.3) is 0 Å². The molecule has 0 saturated carbocycles. The van der Waals surface area contributed by atoms with Crippen LogP contribution in [-0.2, 0) is 10.0 Å². The molecule has 0 fully saturated rings. The molecule has 2 aromatic rings. The van der Waals surface area contributed by atoms with Crippen LogP contribution in [0, 0.1) is 12.7 Å². The molecule has 1 aromatic carbocycles. The van der Waals surface area contributed by atoms with Crippen molar-refractivity contribution in [3.63, 3.8) is 0 Å². The van der Waals surface area contributed by atoms with E-state index < -0.39 is 21.7 Å². The lowest BCUT2D eigenvalue weighted by Crippen LogP contribution is -2.30. The van der Waals surface area contributed by atoms with E-state index in [4.69, 9.17) is 0 Å². The Bertz CT molecular complexity index is 708. The summed E-state index contributed by atoms with van der Waals surface area (Å²) in [5.41, 5.74) is 0. The molecular formula is C11H9FN2O3S2. The summed E-state index contributed by atoms with van der Waals surface area (Å²) in [5.74, 6) is -1.31. The number of thiazole rings is 1. The number of aryl methyl sites for hydroxylation is 1. The molecule has 1 heterocycles. The lowest BCUT2D eigenvalue weighted by molar-refractivity contribution is 0.0985. The number of hydrogen-bond acceptors (Lipinski definition) is 5. The van der Waals surface area contributed by atoms with Crippen LogP contribution in [0.3, 0.4) is 0 Å². The molecule has 1 N–H and O–H groups in total. The van der Waals surface area contributed by atoms with Gasteiger partial charge in [-0.2, -0.15) is 0 Å². The summed E-state index contributed by atoms with van der Waals surface area (Å²) in [7, 11) is -4.00. The number of aromatic nitrogens is 1. The molecule has 1 aromatic heterocycles. The quantitative estimate of drug-likeness (QED) is 0.936. The van der Waals surface area contributed by atoms with E-state index in [1.54, 1.807) is 6.92 Å². The van der Waals surface area contributed by atoms with Crippen molar-refractivity contribution in [2.24, 2.45) is 0 Å². The summed E-state index contributed by atoms with van der Waals surface area (Å²) in [5, 5.41) is 0.657. The van der Waals surface area contributed by atoms with Crippen molar-refractivity contribution in [3.05, 3.63) is 46.2 Å². The van der Waals surface area contributed by atoms with E-state index >= 15 is 0 Å². The van der Waals surface area contributed by atoms with Gasteiger partial charge in [0.25, 0.3) is 15.9 Å². The molecule has 0 unspecified atom stereocenters. The van der Waals surface area contributed by atoms with Gasteiger partial charge in [-0.1, -0.05) is 0 Å². The Morgan fingerprint density at radius 2 is 1.95 bits per heavy atom. The minimum Gasteiger partial charge on any atom is -0.267 e. The van der Waals surface area contributed by atoms with E-state index in [2.05, 4.69) is 4.98 Å². The van der Waals surface area contributed by atoms with Gasteiger partial charge in [-0.15, -0.1) is 11.3 Å². The topological polar surface area (TPSA) is 76.1 Å². The SMILES string of the molecule is Cc1ncc(C(=O)NS(=O)(=O)c2ccc(F)cc2)s1. The second kappa shape index (κ2) is 5.06. The van der Waals surface area contributed by atoms with Gasteiger partial charge in [0, 0.05) is 0 Å². The van der Waals surface area contributed by atoms with Crippen LogP contribution in [0.5, 0.6) is 0 Å². The fourth-order valence-electron chi connectivity index (χ4n) is 1.31. The van der Waals surface area contributed by atoms with Crippen LogP contribution in [0.15, 0.2) is 35.4 Å². The highest BCUT2D eigenvalue weighted by Gasteiger charge is 2.19. The molecule has 19 heavy (non-hydrogen) atoms. The first kappa shape index (κ1) is 13.6. The molecule has 0 radical (unpaired) electrons. The molecule has 0 saturated heterocycles. The molecular weight excluding hydrogens is 291 g/mol. The average molecular weight is 300 g/mol. The lowest BCUT2D eigenvalue weighted by atomic mass is 10.4. The Morgan fingerprint density at radius 3 is 2.47 bits per heavy atom. The zero-order chi connectivity index (χ0) is 14.0. The fraction of sp³-hybridized carbons (Fsp3) is 0.0909. The van der Waals surface area contributed by atoms with Gasteiger partial charge in [-0.05, 0) is 31.2 Å². The Morgan fingerprint density at radius 1 is 1.32 bits per heavy atom. The maximum atomic E-state index is 12.7. The van der Waals surface area contributed by atoms with Crippen LogP contribution in [0.1, 0.15) is 14.7 Å². The number of nitrogens with one attached hydrogen (secondary N) is 1. The van der Waals surface area contributed by atoms with Crippen molar-refractivity contribution >= 4 is 27.3 Å². The number of sulfonamides is 1. The van der Waals surface area contributed by atoms with Crippen molar-refractivity contribution in [1.82, 2.24) is 9.71 Å². The minimum atomic E-state index is -4.00. The second-order valence-electron chi connectivity index (χ2n) is 3.63. The number of carbonyl (C=O) groups excluding carboxylic acids is 1. The highest BCUT2D eigenvalue weighted by Crippen LogP contribution is 2.14. The number of rotatable bonds is 3. The van der Waals surface area contributed by atoms with E-state index in [1.807, 2.05) is 4.72 Å². The standard InChI is InChI=1S/C11H9FN2O3S2/c1-7-13-6-10(18-7)11(15)14-19(16,17)9-4-2-8(12)3-5-9/h2-6H,1H3,(H,14,15). The zero-order valence-corrected chi connectivity index (χ0v) is 11.4. The molecule has 0 atom stereocenters. The Hall–Kier alpha value is -1.80. The van der Waals surface area contributed by atoms with Crippen molar-refractivity contribution in [2.75, 3.05) is 0 Å². The predicted octanol–water partition coefficient (Wildman–Crippen LogP) is 1.71. The summed E-state index contributed by atoms with van der Waals surface area (Å²) in [6, 6.07) is 4.19. The largest absolute Gasteiger partial charge is 0.276 e. The summed E-state index contributed by atoms with van der Waals surface area (Å²) >= 11 is 1.09. The van der Waals surface area contributed by atoms with Crippen LogP contribution in [-0.4, -0.2) is 19.3 Å².